The topological polar surface area (TPSA) is 85.8 Å². The standard InChI is InChI=1S/C27H29Cl2FN4O4/c1-27(2,3)38-26(35)34-14-5-6-15(34)10-16(9-14)37-22-11-17-20(12-21(22)36-4)31-13-32-25(17)33-19-8-7-18(28)23(29)24(19)30/h7-8,11-16H,5-6,9-10H2,1-4H3,(H,31,32,33)/t14-,15?,16?/m0/s1. The monoisotopic (exact) mass is 562 g/mol. The lowest BCUT2D eigenvalue weighted by atomic mass is 10.00. The van der Waals surface area contributed by atoms with Crippen molar-refractivity contribution < 1.29 is 23.4 Å². The molecule has 0 aliphatic carbocycles. The van der Waals surface area contributed by atoms with Gasteiger partial charge in [0.2, 0.25) is 0 Å². The Kier molecular flexibility index (Phi) is 7.17. The maximum atomic E-state index is 14.7. The average Bonchev–Trinajstić information content (AvgIpc) is 3.14. The summed E-state index contributed by atoms with van der Waals surface area (Å²) >= 11 is 11.9. The summed E-state index contributed by atoms with van der Waals surface area (Å²) < 4.78 is 32.4. The second kappa shape index (κ2) is 10.3. The fourth-order valence-corrected chi connectivity index (χ4v) is 5.49. The van der Waals surface area contributed by atoms with Crippen molar-refractivity contribution in [2.45, 2.75) is 70.2 Å². The third-order valence-electron chi connectivity index (χ3n) is 6.80. The normalized spacial score (nSPS) is 20.9. The number of carbonyl (C=O) groups is 1. The number of fused-ring (bicyclic) bond motifs is 3. The van der Waals surface area contributed by atoms with Gasteiger partial charge in [0.25, 0.3) is 0 Å². The third kappa shape index (κ3) is 5.27. The Bertz CT molecular complexity index is 1370. The number of rotatable bonds is 5. The molecule has 2 unspecified atom stereocenters. The lowest BCUT2D eigenvalue weighted by Gasteiger charge is -2.39. The Morgan fingerprint density at radius 3 is 2.47 bits per heavy atom. The minimum atomic E-state index is -0.678. The molecule has 11 heteroatoms. The van der Waals surface area contributed by atoms with Gasteiger partial charge in [-0.1, -0.05) is 23.2 Å². The average molecular weight is 563 g/mol. The maximum Gasteiger partial charge on any atom is 0.410 e. The third-order valence-corrected chi connectivity index (χ3v) is 7.58. The van der Waals surface area contributed by atoms with Crippen LogP contribution in [0.3, 0.4) is 0 Å². The van der Waals surface area contributed by atoms with Gasteiger partial charge in [0, 0.05) is 36.4 Å². The zero-order valence-corrected chi connectivity index (χ0v) is 23.1. The highest BCUT2D eigenvalue weighted by Crippen LogP contribution is 2.41. The van der Waals surface area contributed by atoms with Gasteiger partial charge in [-0.3, -0.25) is 0 Å². The second-order valence-electron chi connectivity index (χ2n) is 10.6. The molecule has 3 atom stereocenters. The van der Waals surface area contributed by atoms with Crippen molar-refractivity contribution in [1.29, 1.82) is 0 Å². The van der Waals surface area contributed by atoms with E-state index < -0.39 is 11.4 Å². The summed E-state index contributed by atoms with van der Waals surface area (Å²) in [6, 6.07) is 6.65. The van der Waals surface area contributed by atoms with Crippen LogP contribution in [-0.2, 0) is 4.74 Å². The summed E-state index contributed by atoms with van der Waals surface area (Å²) in [6.07, 6.45) is 4.18. The van der Waals surface area contributed by atoms with Crippen LogP contribution >= 0.6 is 23.2 Å². The zero-order valence-electron chi connectivity index (χ0n) is 21.6. The number of nitrogens with one attached hydrogen (secondary N) is 1. The summed E-state index contributed by atoms with van der Waals surface area (Å²) in [7, 11) is 1.56. The number of nitrogens with zero attached hydrogens (tertiary/aromatic N) is 3. The molecule has 2 aromatic carbocycles. The molecule has 3 aromatic rings. The van der Waals surface area contributed by atoms with Gasteiger partial charge in [-0.15, -0.1) is 0 Å². The lowest BCUT2D eigenvalue weighted by Crippen LogP contribution is -2.50. The lowest BCUT2D eigenvalue weighted by molar-refractivity contribution is -0.00734. The zero-order chi connectivity index (χ0) is 27.2. The van der Waals surface area contributed by atoms with Crippen LogP contribution in [0.2, 0.25) is 10.0 Å². The number of piperidine rings is 1. The van der Waals surface area contributed by atoms with Crippen LogP contribution < -0.4 is 14.8 Å². The van der Waals surface area contributed by atoms with Gasteiger partial charge in [0.1, 0.15) is 23.9 Å². The van der Waals surface area contributed by atoms with Crippen molar-refractivity contribution in [1.82, 2.24) is 14.9 Å². The van der Waals surface area contributed by atoms with Gasteiger partial charge < -0.3 is 24.4 Å². The van der Waals surface area contributed by atoms with Crippen LogP contribution in [0.4, 0.5) is 20.7 Å². The molecule has 2 aliphatic rings. The molecule has 1 amide bonds. The maximum absolute atomic E-state index is 14.7. The molecule has 0 radical (unpaired) electrons. The van der Waals surface area contributed by atoms with E-state index in [-0.39, 0.29) is 40.0 Å². The molecule has 2 aliphatic heterocycles. The van der Waals surface area contributed by atoms with Crippen molar-refractivity contribution in [3.8, 4) is 11.5 Å². The molecule has 202 valence electrons. The summed E-state index contributed by atoms with van der Waals surface area (Å²) in [4.78, 5) is 23.3. The summed E-state index contributed by atoms with van der Waals surface area (Å²) in [5.74, 6) is 0.732. The fraction of sp³-hybridized carbons (Fsp3) is 0.444. The summed E-state index contributed by atoms with van der Waals surface area (Å²) in [5, 5.41) is 3.55. The van der Waals surface area contributed by atoms with Gasteiger partial charge in [0.05, 0.1) is 28.4 Å². The van der Waals surface area contributed by atoms with E-state index in [2.05, 4.69) is 15.3 Å². The van der Waals surface area contributed by atoms with Gasteiger partial charge in [-0.25, -0.2) is 19.2 Å². The number of halogens is 3. The van der Waals surface area contributed by atoms with Gasteiger partial charge in [0.15, 0.2) is 17.3 Å². The van der Waals surface area contributed by atoms with E-state index in [1.165, 1.54) is 18.5 Å². The van der Waals surface area contributed by atoms with Crippen molar-refractivity contribution >= 4 is 51.7 Å². The molecule has 38 heavy (non-hydrogen) atoms. The first kappa shape index (κ1) is 26.6. The summed E-state index contributed by atoms with van der Waals surface area (Å²) in [6.45, 7) is 5.62. The van der Waals surface area contributed by atoms with Crippen LogP contribution in [-0.4, -0.2) is 51.9 Å². The molecule has 1 N–H and O–H groups in total. The number of methoxy groups -OCH3 is 1. The van der Waals surface area contributed by atoms with Gasteiger partial charge in [-0.2, -0.15) is 0 Å². The number of ether oxygens (including phenoxy) is 3. The van der Waals surface area contributed by atoms with Crippen LogP contribution in [0, 0.1) is 5.82 Å². The molecule has 2 fully saturated rings. The SMILES string of the molecule is COc1cc2ncnc(Nc3ccc(Cl)c(Cl)c3F)c2cc1OC1CC2CC[C@@H](C1)N2C(=O)OC(C)(C)C. The number of amides is 1. The van der Waals surface area contributed by atoms with E-state index in [9.17, 15) is 9.18 Å². The number of hydrogen-bond acceptors (Lipinski definition) is 7. The highest BCUT2D eigenvalue weighted by atomic mass is 35.5. The first-order chi connectivity index (χ1) is 18.0. The van der Waals surface area contributed by atoms with Crippen molar-refractivity contribution in [2.24, 2.45) is 0 Å². The Morgan fingerprint density at radius 1 is 1.11 bits per heavy atom. The van der Waals surface area contributed by atoms with Crippen LogP contribution in [0.5, 0.6) is 11.5 Å². The predicted octanol–water partition coefficient (Wildman–Crippen LogP) is 7.14. The molecule has 2 saturated heterocycles. The minimum absolute atomic E-state index is 0.0539. The molecule has 0 spiro atoms. The molecular formula is C27H29Cl2FN4O4. The Balaban J connectivity index is 1.40. The van der Waals surface area contributed by atoms with E-state index in [0.717, 1.165) is 12.8 Å². The highest BCUT2D eigenvalue weighted by Gasteiger charge is 2.45. The van der Waals surface area contributed by atoms with Crippen molar-refractivity contribution in [3.63, 3.8) is 0 Å². The van der Waals surface area contributed by atoms with Crippen molar-refractivity contribution in [2.75, 3.05) is 12.4 Å². The molecule has 5 rings (SSSR count). The summed E-state index contributed by atoms with van der Waals surface area (Å²) in [5.41, 5.74) is 0.173. The van der Waals surface area contributed by atoms with E-state index in [0.29, 0.717) is 41.1 Å². The van der Waals surface area contributed by atoms with Crippen LogP contribution in [0.25, 0.3) is 10.9 Å². The van der Waals surface area contributed by atoms with Crippen LogP contribution in [0.1, 0.15) is 46.5 Å². The fourth-order valence-electron chi connectivity index (χ4n) is 5.18. The first-order valence-electron chi connectivity index (χ1n) is 12.5. The minimum Gasteiger partial charge on any atom is -0.493 e. The number of anilines is 2. The molecule has 2 bridgehead atoms. The molecular weight excluding hydrogens is 534 g/mol. The largest absolute Gasteiger partial charge is 0.493 e. The smallest absolute Gasteiger partial charge is 0.410 e. The van der Waals surface area contributed by atoms with Crippen LogP contribution in [0.15, 0.2) is 30.6 Å². The highest BCUT2D eigenvalue weighted by molar-refractivity contribution is 6.42. The molecule has 3 heterocycles. The van der Waals surface area contributed by atoms with E-state index in [1.54, 1.807) is 19.2 Å². The van der Waals surface area contributed by atoms with Gasteiger partial charge in [-0.05, 0) is 51.8 Å². The van der Waals surface area contributed by atoms with E-state index in [4.69, 9.17) is 37.4 Å². The Hall–Kier alpha value is -3.04. The van der Waals surface area contributed by atoms with E-state index >= 15 is 0 Å². The predicted molar refractivity (Wildman–Crippen MR) is 144 cm³/mol. The number of benzene rings is 2. The number of carbonyl (C=O) groups excluding carboxylic acids is 1. The molecule has 1 aromatic heterocycles. The molecule has 0 saturated carbocycles. The van der Waals surface area contributed by atoms with Gasteiger partial charge >= 0.3 is 6.09 Å². The number of hydrogen-bond donors (Lipinski definition) is 1. The Morgan fingerprint density at radius 2 is 1.82 bits per heavy atom. The number of aromatic nitrogens is 2. The molecule has 8 nitrogen and oxygen atoms in total. The van der Waals surface area contributed by atoms with Crippen molar-refractivity contribution in [3.05, 3.63) is 46.5 Å². The second-order valence-corrected chi connectivity index (χ2v) is 11.4. The quantitative estimate of drug-likeness (QED) is 0.331. The first-order valence-corrected chi connectivity index (χ1v) is 13.2. The van der Waals surface area contributed by atoms with E-state index in [1.807, 2.05) is 25.7 Å². The Labute approximate surface area is 230 Å².